The topological polar surface area (TPSA) is 68.8 Å². The average Bonchev–Trinajstić information content (AvgIpc) is 2.53. The molecule has 0 aromatic heterocycles. The van der Waals surface area contributed by atoms with E-state index in [2.05, 4.69) is 10.6 Å². The van der Waals surface area contributed by atoms with Gasteiger partial charge in [-0.3, -0.25) is 0 Å². The molecule has 1 aliphatic rings. The standard InChI is InChI=1S/C18H24N2O4S/c1-6-23-14-9-12(7-8-13(14)22-5)16-15(17(21)24-10(2)3)11(4)19-18(25)20-16/h7-10,16H,6H2,1-5H3,(H2,19,20,25)/t16-/m0/s1. The molecule has 6 nitrogen and oxygen atoms in total. The van der Waals surface area contributed by atoms with Crippen molar-refractivity contribution < 1.29 is 19.0 Å². The molecule has 25 heavy (non-hydrogen) atoms. The Morgan fingerprint density at radius 2 is 2.04 bits per heavy atom. The van der Waals surface area contributed by atoms with Crippen LogP contribution in [0.5, 0.6) is 11.5 Å². The zero-order chi connectivity index (χ0) is 18.6. The second kappa shape index (κ2) is 8.20. The summed E-state index contributed by atoms with van der Waals surface area (Å²) in [5, 5.41) is 6.58. The summed E-state index contributed by atoms with van der Waals surface area (Å²) in [6, 6.07) is 5.12. The lowest BCUT2D eigenvalue weighted by Gasteiger charge is -2.30. The molecular weight excluding hydrogens is 340 g/mol. The van der Waals surface area contributed by atoms with Crippen molar-refractivity contribution in [3.05, 3.63) is 35.0 Å². The number of methoxy groups -OCH3 is 1. The van der Waals surface area contributed by atoms with E-state index >= 15 is 0 Å². The van der Waals surface area contributed by atoms with Crippen LogP contribution < -0.4 is 20.1 Å². The van der Waals surface area contributed by atoms with Crippen LogP contribution in [0.4, 0.5) is 0 Å². The van der Waals surface area contributed by atoms with E-state index in [4.69, 9.17) is 26.4 Å². The summed E-state index contributed by atoms with van der Waals surface area (Å²) < 4.78 is 16.4. The molecule has 2 rings (SSSR count). The summed E-state index contributed by atoms with van der Waals surface area (Å²) in [5.41, 5.74) is 2.01. The number of esters is 1. The van der Waals surface area contributed by atoms with Crippen LogP contribution in [0, 0.1) is 0 Å². The molecule has 1 aromatic carbocycles. The van der Waals surface area contributed by atoms with Crippen LogP contribution in [0.3, 0.4) is 0 Å². The van der Waals surface area contributed by atoms with Crippen LogP contribution in [0.25, 0.3) is 0 Å². The van der Waals surface area contributed by atoms with Crippen LogP contribution in [0.2, 0.25) is 0 Å². The van der Waals surface area contributed by atoms with Gasteiger partial charge in [-0.05, 0) is 57.6 Å². The number of hydrogen-bond donors (Lipinski definition) is 2. The van der Waals surface area contributed by atoms with Gasteiger partial charge in [0.15, 0.2) is 16.6 Å². The van der Waals surface area contributed by atoms with Gasteiger partial charge in [0.25, 0.3) is 0 Å². The summed E-state index contributed by atoms with van der Waals surface area (Å²) >= 11 is 5.26. The van der Waals surface area contributed by atoms with Crippen molar-refractivity contribution in [2.75, 3.05) is 13.7 Å². The molecule has 7 heteroatoms. The largest absolute Gasteiger partial charge is 0.493 e. The summed E-state index contributed by atoms with van der Waals surface area (Å²) in [7, 11) is 1.59. The Morgan fingerprint density at radius 1 is 1.32 bits per heavy atom. The van der Waals surface area contributed by atoms with Crippen LogP contribution >= 0.6 is 12.2 Å². The van der Waals surface area contributed by atoms with Crippen LogP contribution in [-0.4, -0.2) is 30.9 Å². The molecule has 0 saturated heterocycles. The van der Waals surface area contributed by atoms with Gasteiger partial charge in [0.05, 0.1) is 31.4 Å². The summed E-state index contributed by atoms with van der Waals surface area (Å²) in [5.74, 6) is 0.867. The molecule has 0 radical (unpaired) electrons. The summed E-state index contributed by atoms with van der Waals surface area (Å²) in [6.07, 6.45) is -0.211. The van der Waals surface area contributed by atoms with E-state index in [-0.39, 0.29) is 12.1 Å². The number of carbonyl (C=O) groups excluding carboxylic acids is 1. The number of thiocarbonyl (C=S) groups is 1. The quantitative estimate of drug-likeness (QED) is 0.594. The minimum atomic E-state index is -0.426. The third-order valence-electron chi connectivity index (χ3n) is 3.65. The van der Waals surface area contributed by atoms with E-state index in [1.54, 1.807) is 7.11 Å². The summed E-state index contributed by atoms with van der Waals surface area (Å²) in [4.78, 5) is 12.6. The Bertz CT molecular complexity index is 700. The summed E-state index contributed by atoms with van der Waals surface area (Å²) in [6.45, 7) is 7.86. The van der Waals surface area contributed by atoms with Crippen LogP contribution in [0.15, 0.2) is 29.5 Å². The Hall–Kier alpha value is -2.28. The smallest absolute Gasteiger partial charge is 0.338 e. The van der Waals surface area contributed by atoms with Crippen molar-refractivity contribution in [3.8, 4) is 11.5 Å². The van der Waals surface area contributed by atoms with Gasteiger partial charge < -0.3 is 24.8 Å². The predicted octanol–water partition coefficient (Wildman–Crippen LogP) is 2.84. The van der Waals surface area contributed by atoms with Crippen molar-refractivity contribution in [1.29, 1.82) is 0 Å². The van der Waals surface area contributed by atoms with Crippen molar-refractivity contribution in [1.82, 2.24) is 10.6 Å². The van der Waals surface area contributed by atoms with E-state index in [1.165, 1.54) is 0 Å². The lowest BCUT2D eigenvalue weighted by molar-refractivity contribution is -0.143. The lowest BCUT2D eigenvalue weighted by atomic mass is 9.95. The van der Waals surface area contributed by atoms with Crippen molar-refractivity contribution >= 4 is 23.3 Å². The second-order valence-corrected chi connectivity index (χ2v) is 6.28. The fraction of sp³-hybridized carbons (Fsp3) is 0.444. The minimum absolute atomic E-state index is 0.211. The zero-order valence-corrected chi connectivity index (χ0v) is 16.0. The second-order valence-electron chi connectivity index (χ2n) is 5.87. The predicted molar refractivity (Wildman–Crippen MR) is 99.7 cm³/mol. The van der Waals surface area contributed by atoms with Gasteiger partial charge in [-0.25, -0.2) is 4.79 Å². The monoisotopic (exact) mass is 364 g/mol. The first-order valence-corrected chi connectivity index (χ1v) is 8.58. The fourth-order valence-corrected chi connectivity index (χ4v) is 2.90. The van der Waals surface area contributed by atoms with E-state index < -0.39 is 6.04 Å². The highest BCUT2D eigenvalue weighted by Crippen LogP contribution is 2.34. The highest BCUT2D eigenvalue weighted by atomic mass is 32.1. The van der Waals surface area contributed by atoms with E-state index in [1.807, 2.05) is 45.9 Å². The molecule has 0 aliphatic carbocycles. The van der Waals surface area contributed by atoms with Crippen molar-refractivity contribution in [2.24, 2.45) is 0 Å². The molecule has 136 valence electrons. The molecule has 1 atom stereocenters. The molecule has 0 fully saturated rings. The molecule has 1 aliphatic heterocycles. The van der Waals surface area contributed by atoms with Crippen LogP contribution in [-0.2, 0) is 9.53 Å². The van der Waals surface area contributed by atoms with Crippen molar-refractivity contribution in [2.45, 2.75) is 39.8 Å². The maximum absolute atomic E-state index is 12.6. The molecule has 1 heterocycles. The Balaban J connectivity index is 2.46. The van der Waals surface area contributed by atoms with E-state index in [0.717, 1.165) is 5.56 Å². The Kier molecular flexibility index (Phi) is 6.25. The lowest BCUT2D eigenvalue weighted by Crippen LogP contribution is -2.45. The molecule has 0 spiro atoms. The highest BCUT2D eigenvalue weighted by Gasteiger charge is 2.32. The number of nitrogens with one attached hydrogen (secondary N) is 2. The molecule has 1 aromatic rings. The first-order valence-electron chi connectivity index (χ1n) is 8.17. The van der Waals surface area contributed by atoms with Gasteiger partial charge in [-0.2, -0.15) is 0 Å². The molecule has 0 amide bonds. The molecule has 0 unspecified atom stereocenters. The van der Waals surface area contributed by atoms with E-state index in [0.29, 0.717) is 34.5 Å². The number of rotatable bonds is 6. The van der Waals surface area contributed by atoms with Gasteiger partial charge in [0.1, 0.15) is 0 Å². The Labute approximate surface area is 153 Å². The SMILES string of the molecule is CCOc1cc([C@@H]2NC(=S)NC(C)=C2C(=O)OC(C)C)ccc1OC. The number of allylic oxidation sites excluding steroid dienone is 1. The zero-order valence-electron chi connectivity index (χ0n) is 15.1. The fourth-order valence-electron chi connectivity index (χ4n) is 2.63. The third kappa shape index (κ3) is 4.42. The highest BCUT2D eigenvalue weighted by molar-refractivity contribution is 7.80. The Morgan fingerprint density at radius 3 is 2.64 bits per heavy atom. The molecule has 0 bridgehead atoms. The normalized spacial score (nSPS) is 17.0. The number of ether oxygens (including phenoxy) is 3. The average molecular weight is 364 g/mol. The van der Waals surface area contributed by atoms with Gasteiger partial charge >= 0.3 is 5.97 Å². The first kappa shape index (κ1) is 19.1. The third-order valence-corrected chi connectivity index (χ3v) is 3.87. The van der Waals surface area contributed by atoms with Gasteiger partial charge in [-0.15, -0.1) is 0 Å². The van der Waals surface area contributed by atoms with E-state index in [9.17, 15) is 4.79 Å². The number of benzene rings is 1. The minimum Gasteiger partial charge on any atom is -0.493 e. The van der Waals surface area contributed by atoms with Gasteiger partial charge in [0.2, 0.25) is 0 Å². The van der Waals surface area contributed by atoms with Gasteiger partial charge in [-0.1, -0.05) is 6.07 Å². The number of hydrogen-bond acceptors (Lipinski definition) is 5. The number of carbonyl (C=O) groups is 1. The molecular formula is C18H24N2O4S. The van der Waals surface area contributed by atoms with Crippen molar-refractivity contribution in [3.63, 3.8) is 0 Å². The molecule has 0 saturated carbocycles. The first-order chi connectivity index (χ1) is 11.9. The molecule has 2 N–H and O–H groups in total. The maximum Gasteiger partial charge on any atom is 0.338 e. The van der Waals surface area contributed by atoms with Gasteiger partial charge in [0, 0.05) is 5.70 Å². The van der Waals surface area contributed by atoms with Crippen LogP contribution in [0.1, 0.15) is 39.3 Å². The maximum atomic E-state index is 12.6.